The van der Waals surface area contributed by atoms with Crippen molar-refractivity contribution in [3.8, 4) is 0 Å². The number of carbonyl (C=O) groups excluding carboxylic acids is 2. The summed E-state index contributed by atoms with van der Waals surface area (Å²) in [6, 6.07) is 7.25. The largest absolute Gasteiger partial charge is 0.480 e. The number of rotatable bonds is 10. The molecule has 5 N–H and O–H groups in total. The lowest BCUT2D eigenvalue weighted by atomic mass is 10.0. The highest BCUT2D eigenvalue weighted by Crippen LogP contribution is 2.25. The number of carboxylic acids is 1. The Labute approximate surface area is 216 Å². The van der Waals surface area contributed by atoms with E-state index in [0.29, 0.717) is 24.1 Å². The molecule has 2 aromatic rings. The molecule has 0 aromatic heterocycles. The van der Waals surface area contributed by atoms with Gasteiger partial charge in [0.2, 0.25) is 5.91 Å². The van der Waals surface area contributed by atoms with Crippen LogP contribution in [0.25, 0.3) is 0 Å². The van der Waals surface area contributed by atoms with Gasteiger partial charge in [-0.2, -0.15) is 0 Å². The maximum absolute atomic E-state index is 13.9. The van der Waals surface area contributed by atoms with E-state index in [9.17, 15) is 32.7 Å². The van der Waals surface area contributed by atoms with Crippen molar-refractivity contribution >= 4 is 35.2 Å². The average molecular weight is 539 g/mol. The Balaban J connectivity index is 1.53. The molecular formula is C25H29F3N4O4S. The van der Waals surface area contributed by atoms with E-state index in [-0.39, 0.29) is 30.9 Å². The van der Waals surface area contributed by atoms with Gasteiger partial charge in [-0.25, -0.2) is 18.0 Å². The van der Waals surface area contributed by atoms with Gasteiger partial charge in [0.25, 0.3) is 5.91 Å². The lowest BCUT2D eigenvalue weighted by molar-refractivity contribution is -0.141. The zero-order valence-corrected chi connectivity index (χ0v) is 21.2. The van der Waals surface area contributed by atoms with Crippen molar-refractivity contribution in [2.45, 2.75) is 50.2 Å². The number of carbonyl (C=O) groups is 3. The monoisotopic (exact) mass is 538 g/mol. The predicted molar refractivity (Wildman–Crippen MR) is 134 cm³/mol. The number of thioether (sulfide) groups is 1. The highest BCUT2D eigenvalue weighted by Gasteiger charge is 2.35. The normalized spacial score (nSPS) is 16.4. The number of halogens is 3. The molecule has 2 atom stereocenters. The molecule has 8 nitrogen and oxygen atoms in total. The van der Waals surface area contributed by atoms with Crippen LogP contribution in [-0.2, 0) is 27.3 Å². The first-order valence-electron chi connectivity index (χ1n) is 11.6. The standard InChI is InChI=1S/C25H29F3N4O4S/c1-25(2,24(35)36)31-17-5-3-14(4-6-17)13-30-22(34)23-32(7-8-37-23)21(33)11-16(29)9-15-10-19(27)20(28)12-18(15)26/h3-6,10,12,16,23,31H,7-9,11,13,29H2,1-2H3,(H,30,34)(H,35,36)/t16-,23+/m1/s1. The van der Waals surface area contributed by atoms with Gasteiger partial charge in [-0.05, 0) is 49.6 Å². The van der Waals surface area contributed by atoms with Crippen molar-refractivity contribution in [2.24, 2.45) is 5.73 Å². The minimum Gasteiger partial charge on any atom is -0.480 e. The van der Waals surface area contributed by atoms with Gasteiger partial charge in [0.05, 0.1) is 0 Å². The Morgan fingerprint density at radius 3 is 2.43 bits per heavy atom. The molecule has 0 saturated carbocycles. The number of hydrogen-bond donors (Lipinski definition) is 4. The molecule has 0 aliphatic carbocycles. The molecule has 1 aliphatic rings. The first-order chi connectivity index (χ1) is 17.4. The Hall–Kier alpha value is -3.25. The summed E-state index contributed by atoms with van der Waals surface area (Å²) in [5, 5.41) is 14.2. The molecule has 0 spiro atoms. The van der Waals surface area contributed by atoms with Crippen LogP contribution in [0.2, 0.25) is 0 Å². The zero-order valence-electron chi connectivity index (χ0n) is 20.4. The minimum atomic E-state index is -1.30. The lowest BCUT2D eigenvalue weighted by Crippen LogP contribution is -2.46. The second-order valence-electron chi connectivity index (χ2n) is 9.31. The van der Waals surface area contributed by atoms with Gasteiger partial charge in [0.15, 0.2) is 17.0 Å². The molecule has 1 heterocycles. The molecule has 1 saturated heterocycles. The van der Waals surface area contributed by atoms with E-state index in [1.807, 2.05) is 0 Å². The van der Waals surface area contributed by atoms with Crippen LogP contribution in [-0.4, -0.2) is 57.0 Å². The maximum atomic E-state index is 13.9. The Morgan fingerprint density at radius 1 is 1.14 bits per heavy atom. The fourth-order valence-electron chi connectivity index (χ4n) is 3.76. The highest BCUT2D eigenvalue weighted by molar-refractivity contribution is 8.00. The van der Waals surface area contributed by atoms with Gasteiger partial charge in [-0.1, -0.05) is 12.1 Å². The van der Waals surface area contributed by atoms with Crippen LogP contribution < -0.4 is 16.4 Å². The molecule has 1 fully saturated rings. The van der Waals surface area contributed by atoms with E-state index < -0.39 is 46.3 Å². The third-order valence-electron chi connectivity index (χ3n) is 5.86. The SMILES string of the molecule is CC(C)(Nc1ccc(CNC(=O)[C@@H]2SCCN2C(=O)C[C@H](N)Cc2cc(F)c(F)cc2F)cc1)C(=O)O. The zero-order chi connectivity index (χ0) is 27.3. The number of anilines is 1. The summed E-state index contributed by atoms with van der Waals surface area (Å²) in [7, 11) is 0. The maximum Gasteiger partial charge on any atom is 0.328 e. The average Bonchev–Trinajstić information content (AvgIpc) is 3.32. The fourth-order valence-corrected chi connectivity index (χ4v) is 4.92. The van der Waals surface area contributed by atoms with Crippen LogP contribution in [0, 0.1) is 17.5 Å². The van der Waals surface area contributed by atoms with Crippen LogP contribution in [0.1, 0.15) is 31.4 Å². The van der Waals surface area contributed by atoms with Crippen molar-refractivity contribution in [3.63, 3.8) is 0 Å². The second-order valence-corrected chi connectivity index (χ2v) is 10.5. The van der Waals surface area contributed by atoms with E-state index in [4.69, 9.17) is 5.73 Å². The summed E-state index contributed by atoms with van der Waals surface area (Å²) in [5.74, 6) is -4.63. The van der Waals surface area contributed by atoms with Crippen molar-refractivity contribution in [1.29, 1.82) is 0 Å². The number of carboxylic acid groups (broad SMARTS) is 1. The van der Waals surface area contributed by atoms with E-state index >= 15 is 0 Å². The van der Waals surface area contributed by atoms with Crippen LogP contribution in [0.15, 0.2) is 36.4 Å². The minimum absolute atomic E-state index is 0.128. The van der Waals surface area contributed by atoms with E-state index in [1.165, 1.54) is 16.7 Å². The van der Waals surface area contributed by atoms with Crippen molar-refractivity contribution in [3.05, 3.63) is 65.0 Å². The first-order valence-corrected chi connectivity index (χ1v) is 12.6. The molecule has 3 rings (SSSR count). The van der Waals surface area contributed by atoms with Gasteiger partial charge in [0, 0.05) is 43.1 Å². The number of aliphatic carboxylic acids is 1. The number of nitrogens with one attached hydrogen (secondary N) is 2. The number of nitrogens with two attached hydrogens (primary N) is 1. The van der Waals surface area contributed by atoms with E-state index in [0.717, 1.165) is 11.6 Å². The van der Waals surface area contributed by atoms with Gasteiger partial charge >= 0.3 is 5.97 Å². The number of nitrogens with zero attached hydrogens (tertiary/aromatic N) is 1. The topological polar surface area (TPSA) is 125 Å². The highest BCUT2D eigenvalue weighted by atomic mass is 32.2. The lowest BCUT2D eigenvalue weighted by Gasteiger charge is -2.25. The van der Waals surface area contributed by atoms with Gasteiger partial charge in [-0.15, -0.1) is 11.8 Å². The Bertz CT molecular complexity index is 1160. The van der Waals surface area contributed by atoms with Crippen LogP contribution in [0.3, 0.4) is 0 Å². The van der Waals surface area contributed by atoms with Crippen molar-refractivity contribution in [1.82, 2.24) is 10.2 Å². The molecule has 0 bridgehead atoms. The number of benzene rings is 2. The van der Waals surface area contributed by atoms with Gasteiger partial charge < -0.3 is 26.4 Å². The fraction of sp³-hybridized carbons (Fsp3) is 0.400. The molecule has 1 aliphatic heterocycles. The van der Waals surface area contributed by atoms with Crippen LogP contribution >= 0.6 is 11.8 Å². The third-order valence-corrected chi connectivity index (χ3v) is 7.06. The Morgan fingerprint density at radius 2 is 1.78 bits per heavy atom. The smallest absolute Gasteiger partial charge is 0.328 e. The second kappa shape index (κ2) is 11.9. The molecule has 200 valence electrons. The van der Waals surface area contributed by atoms with E-state index in [2.05, 4.69) is 10.6 Å². The number of amides is 2. The van der Waals surface area contributed by atoms with Gasteiger partial charge in [0.1, 0.15) is 11.4 Å². The summed E-state index contributed by atoms with van der Waals surface area (Å²) in [5.41, 5.74) is 6.11. The molecule has 0 unspecified atom stereocenters. The third kappa shape index (κ3) is 7.39. The summed E-state index contributed by atoms with van der Waals surface area (Å²) < 4.78 is 40.5. The number of hydrogen-bond acceptors (Lipinski definition) is 6. The molecular weight excluding hydrogens is 509 g/mol. The summed E-state index contributed by atoms with van der Waals surface area (Å²) in [6.07, 6.45) is -0.356. The quantitative estimate of drug-likeness (QED) is 0.343. The molecule has 37 heavy (non-hydrogen) atoms. The molecule has 2 aromatic carbocycles. The summed E-state index contributed by atoms with van der Waals surface area (Å²) in [4.78, 5) is 38.3. The molecule has 12 heteroatoms. The van der Waals surface area contributed by atoms with E-state index in [1.54, 1.807) is 38.1 Å². The molecule has 2 amide bonds. The summed E-state index contributed by atoms with van der Waals surface area (Å²) >= 11 is 1.31. The molecule has 0 radical (unpaired) electrons. The first kappa shape index (κ1) is 28.3. The Kier molecular flexibility index (Phi) is 9.08. The summed E-state index contributed by atoms with van der Waals surface area (Å²) in [6.45, 7) is 3.64. The van der Waals surface area contributed by atoms with Crippen LogP contribution in [0.5, 0.6) is 0 Å². The van der Waals surface area contributed by atoms with Crippen molar-refractivity contribution in [2.75, 3.05) is 17.6 Å². The van der Waals surface area contributed by atoms with Crippen molar-refractivity contribution < 1.29 is 32.7 Å². The predicted octanol–water partition coefficient (Wildman–Crippen LogP) is 2.86. The van der Waals surface area contributed by atoms with Gasteiger partial charge in [-0.3, -0.25) is 9.59 Å². The van der Waals surface area contributed by atoms with Crippen LogP contribution in [0.4, 0.5) is 18.9 Å².